The van der Waals surface area contributed by atoms with Crippen LogP contribution in [0, 0.1) is 6.92 Å². The van der Waals surface area contributed by atoms with Crippen LogP contribution in [-0.4, -0.2) is 69.5 Å². The molecule has 0 spiro atoms. The van der Waals surface area contributed by atoms with Crippen molar-refractivity contribution in [2.24, 2.45) is 5.73 Å². The standard InChI is InChI=1S/C19H27AsClN3O3.2ClH/c1-12-2-3-15(21)17(8-12)27-14-4-6-24(7-5-14)19(26)16-9-13(11-23-16)20-18(25)10-22;;/h2-3,8,13-14,16,20,23H,4-7,9-11,22H2,1H3;2*1H/t13-,16+;;/m1../s1. The van der Waals surface area contributed by atoms with Gasteiger partial charge in [-0.05, 0) is 6.92 Å². The molecule has 2 aliphatic heterocycles. The Kier molecular flexibility index (Phi) is 11.3. The second kappa shape index (κ2) is 12.4. The molecule has 2 saturated heterocycles. The molecule has 164 valence electrons. The summed E-state index contributed by atoms with van der Waals surface area (Å²) in [5, 5.41) is 3.92. The minimum Gasteiger partial charge on any atom is -0.147 e. The van der Waals surface area contributed by atoms with Crippen LogP contribution in [0.2, 0.25) is 9.73 Å². The average molecular weight is 529 g/mol. The molecule has 0 bridgehead atoms. The van der Waals surface area contributed by atoms with E-state index in [1.165, 1.54) is 0 Å². The summed E-state index contributed by atoms with van der Waals surface area (Å²) in [6, 6.07) is 5.61. The van der Waals surface area contributed by atoms with Crippen molar-refractivity contribution in [2.75, 3.05) is 26.2 Å². The number of nitrogens with two attached hydrogens (primary N) is 1. The summed E-state index contributed by atoms with van der Waals surface area (Å²) in [7, 11) is 0. The van der Waals surface area contributed by atoms with E-state index < -0.39 is 15.8 Å². The molecule has 10 heteroatoms. The molecule has 0 saturated carbocycles. The van der Waals surface area contributed by atoms with Crippen LogP contribution in [0.5, 0.6) is 5.75 Å². The fraction of sp³-hybridized carbons (Fsp3) is 0.579. The number of hydrogen-bond donors (Lipinski definition) is 2. The Balaban J connectivity index is 0.00000210. The van der Waals surface area contributed by atoms with Crippen molar-refractivity contribution in [3.63, 3.8) is 0 Å². The van der Waals surface area contributed by atoms with Crippen molar-refractivity contribution in [1.29, 1.82) is 0 Å². The number of benzene rings is 1. The first-order chi connectivity index (χ1) is 13.0. The average Bonchev–Trinajstić information content (AvgIpc) is 3.13. The maximum Gasteiger partial charge on any atom is -0.147 e. The molecule has 6 nitrogen and oxygen atoms in total. The molecule has 0 radical (unpaired) electrons. The smallest absolute Gasteiger partial charge is 0.147 e. The van der Waals surface area contributed by atoms with Crippen molar-refractivity contribution in [3.8, 4) is 5.75 Å². The van der Waals surface area contributed by atoms with Crippen LogP contribution in [-0.2, 0) is 9.59 Å². The first-order valence-corrected chi connectivity index (χ1v) is 12.0. The van der Waals surface area contributed by atoms with Crippen LogP contribution in [0.1, 0.15) is 24.8 Å². The summed E-state index contributed by atoms with van der Waals surface area (Å²) in [6.07, 6.45) is 2.43. The predicted octanol–water partition coefficient (Wildman–Crippen LogP) is 1.93. The van der Waals surface area contributed by atoms with Gasteiger partial charge in [-0.15, -0.1) is 24.8 Å². The summed E-state index contributed by atoms with van der Waals surface area (Å²) in [5.41, 5.74) is 6.52. The Labute approximate surface area is 196 Å². The number of ether oxygens (including phenoxy) is 1. The zero-order chi connectivity index (χ0) is 19.4. The molecule has 2 heterocycles. The minimum absolute atomic E-state index is 0. The number of halogens is 3. The van der Waals surface area contributed by atoms with Gasteiger partial charge in [-0.3, -0.25) is 0 Å². The van der Waals surface area contributed by atoms with E-state index in [9.17, 15) is 9.59 Å². The largest absolute Gasteiger partial charge is 0.147 e. The van der Waals surface area contributed by atoms with Crippen LogP contribution in [0.25, 0.3) is 0 Å². The quantitative estimate of drug-likeness (QED) is 0.552. The van der Waals surface area contributed by atoms with Gasteiger partial charge >= 0.3 is 159 Å². The number of amides is 1. The van der Waals surface area contributed by atoms with Crippen LogP contribution in [0.15, 0.2) is 18.2 Å². The maximum atomic E-state index is 12.8. The zero-order valence-electron chi connectivity index (χ0n) is 16.4. The van der Waals surface area contributed by atoms with Crippen molar-refractivity contribution >= 4 is 62.6 Å². The van der Waals surface area contributed by atoms with E-state index in [1.807, 2.05) is 30.0 Å². The molecule has 0 aromatic heterocycles. The van der Waals surface area contributed by atoms with Gasteiger partial charge in [0.1, 0.15) is 0 Å². The number of likely N-dealkylation sites (tertiary alicyclic amines) is 1. The number of nitrogens with zero attached hydrogens (tertiary/aromatic N) is 1. The molecule has 3 rings (SSSR count). The molecule has 1 amide bonds. The van der Waals surface area contributed by atoms with E-state index in [1.54, 1.807) is 0 Å². The third-order valence-electron chi connectivity index (χ3n) is 5.11. The number of nitrogens with one attached hydrogen (secondary N) is 1. The molecule has 1 aromatic rings. The Morgan fingerprint density at radius 3 is 2.66 bits per heavy atom. The number of rotatable bonds is 6. The first kappa shape index (κ1) is 26.5. The van der Waals surface area contributed by atoms with E-state index in [0.29, 0.717) is 22.8 Å². The van der Waals surface area contributed by atoms with Crippen LogP contribution in [0.4, 0.5) is 0 Å². The van der Waals surface area contributed by atoms with E-state index in [2.05, 4.69) is 5.32 Å². The van der Waals surface area contributed by atoms with Crippen molar-refractivity contribution < 1.29 is 14.3 Å². The third-order valence-corrected chi connectivity index (χ3v) is 8.31. The molecule has 3 N–H and O–H groups in total. The normalized spacial score (nSPS) is 22.2. The molecule has 1 unspecified atom stereocenters. The number of carbonyl (C=O) groups is 2. The molecule has 3 atom stereocenters. The summed E-state index contributed by atoms with van der Waals surface area (Å²) in [6.45, 7) is 4.28. The van der Waals surface area contributed by atoms with Crippen LogP contribution >= 0.6 is 36.4 Å². The molecule has 29 heavy (non-hydrogen) atoms. The summed E-state index contributed by atoms with van der Waals surface area (Å²) < 4.78 is 6.58. The summed E-state index contributed by atoms with van der Waals surface area (Å²) in [5.74, 6) is 0.868. The molecular formula is C19H29AsCl3N3O3. The van der Waals surface area contributed by atoms with E-state index in [-0.39, 0.29) is 54.0 Å². The van der Waals surface area contributed by atoms with Crippen molar-refractivity contribution in [3.05, 3.63) is 28.8 Å². The predicted molar refractivity (Wildman–Crippen MR) is 122 cm³/mol. The third kappa shape index (κ3) is 7.30. The number of aryl methyl sites for hydroxylation is 1. The molecule has 2 fully saturated rings. The first-order valence-electron chi connectivity index (χ1n) is 9.40. The van der Waals surface area contributed by atoms with Crippen molar-refractivity contribution in [1.82, 2.24) is 10.2 Å². The zero-order valence-corrected chi connectivity index (χ0v) is 20.8. The van der Waals surface area contributed by atoms with Crippen LogP contribution < -0.4 is 15.8 Å². The SMILES string of the molecule is Cc1ccc(Cl)c(OC2CCN(C(=O)[C@@H]3C[C@@H]([AsH]C(=O)CN)CN3)CC2)c1.Cl.Cl. The van der Waals surface area contributed by atoms with Gasteiger partial charge in [0.2, 0.25) is 0 Å². The summed E-state index contributed by atoms with van der Waals surface area (Å²) in [4.78, 5) is 26.3. The van der Waals surface area contributed by atoms with Crippen molar-refractivity contribution in [2.45, 2.75) is 43.0 Å². The Bertz CT molecular complexity index is 703. The molecular weight excluding hydrogens is 500 g/mol. The number of hydrogen-bond acceptors (Lipinski definition) is 5. The van der Waals surface area contributed by atoms with Gasteiger partial charge in [-0.25, -0.2) is 0 Å². The van der Waals surface area contributed by atoms with Gasteiger partial charge in [-0.1, -0.05) is 6.07 Å². The van der Waals surface area contributed by atoms with E-state index in [4.69, 9.17) is 22.1 Å². The van der Waals surface area contributed by atoms with E-state index >= 15 is 0 Å². The van der Waals surface area contributed by atoms with Gasteiger partial charge < -0.3 is 0 Å². The maximum absolute atomic E-state index is 12.8. The molecule has 1 aromatic carbocycles. The Morgan fingerprint density at radius 1 is 1.31 bits per heavy atom. The fourth-order valence-corrected chi connectivity index (χ4v) is 6.18. The molecule has 0 aliphatic carbocycles. The van der Waals surface area contributed by atoms with Gasteiger partial charge in [0.05, 0.1) is 0 Å². The van der Waals surface area contributed by atoms with Gasteiger partial charge in [-0.2, -0.15) is 0 Å². The minimum atomic E-state index is -0.727. The number of piperidine rings is 1. The van der Waals surface area contributed by atoms with E-state index in [0.717, 1.165) is 37.1 Å². The monoisotopic (exact) mass is 527 g/mol. The fourth-order valence-electron chi connectivity index (χ4n) is 3.62. The Hall–Kier alpha value is -0.492. The Morgan fingerprint density at radius 2 is 2.00 bits per heavy atom. The number of carbonyl (C=O) groups excluding carboxylic acids is 2. The van der Waals surface area contributed by atoms with Crippen LogP contribution in [0.3, 0.4) is 0 Å². The van der Waals surface area contributed by atoms with Gasteiger partial charge in [0.15, 0.2) is 0 Å². The molecule has 2 aliphatic rings. The second-order valence-corrected chi connectivity index (χ2v) is 11.1. The second-order valence-electron chi connectivity index (χ2n) is 7.24. The van der Waals surface area contributed by atoms with Gasteiger partial charge in [0.25, 0.3) is 0 Å². The van der Waals surface area contributed by atoms with Gasteiger partial charge in [0, 0.05) is 0 Å². The summed E-state index contributed by atoms with van der Waals surface area (Å²) >= 11 is 5.49. The topological polar surface area (TPSA) is 84.7 Å².